The summed E-state index contributed by atoms with van der Waals surface area (Å²) in [6, 6.07) is 0. The molecule has 4 aliphatic rings. The Labute approximate surface area is 188 Å². The Bertz CT molecular complexity index is 601. The van der Waals surface area contributed by atoms with E-state index in [9.17, 15) is 9.90 Å². The summed E-state index contributed by atoms with van der Waals surface area (Å²) >= 11 is 9.52. The summed E-state index contributed by atoms with van der Waals surface area (Å²) < 4.78 is 0.0710. The van der Waals surface area contributed by atoms with E-state index in [0.717, 1.165) is 25.2 Å². The minimum absolute atomic E-state index is 0.0710. The Hall–Kier alpha value is 0.130. The molecule has 0 saturated heterocycles. The molecule has 0 aromatic rings. The number of nitrogens with one attached hydrogen (secondary N) is 1. The normalized spacial score (nSPS) is 46.5. The standard InChI is InChI=1S/C24H41NO2S2/c1-23-11-3-2-5-17(23)15-20(26)22-18(23)10-12-24(29)16(8-9-19(22)24)6-4-7-21(27)25-13-14-28/h16-20,22,26,28-29H,2-15H2,1H3,(H,25,27)/t16?,17-,18?,19?,20-,22+,23-,24-/m0/s1. The fourth-order valence-electron chi connectivity index (χ4n) is 8.21. The van der Waals surface area contributed by atoms with Crippen LogP contribution in [-0.4, -0.2) is 34.2 Å². The molecule has 4 saturated carbocycles. The van der Waals surface area contributed by atoms with E-state index in [-0.39, 0.29) is 16.8 Å². The Morgan fingerprint density at radius 3 is 2.76 bits per heavy atom. The topological polar surface area (TPSA) is 49.3 Å². The first-order valence-corrected chi connectivity index (χ1v) is 13.3. The highest BCUT2D eigenvalue weighted by molar-refractivity contribution is 7.81. The number of carbonyl (C=O) groups is 1. The molecule has 8 atom stereocenters. The molecule has 4 rings (SSSR count). The maximum Gasteiger partial charge on any atom is 0.220 e. The summed E-state index contributed by atoms with van der Waals surface area (Å²) in [4.78, 5) is 11.9. The van der Waals surface area contributed by atoms with E-state index in [0.29, 0.717) is 47.8 Å². The molecule has 3 unspecified atom stereocenters. The molecule has 1 amide bonds. The van der Waals surface area contributed by atoms with Gasteiger partial charge in [-0.05, 0) is 92.8 Å². The van der Waals surface area contributed by atoms with Crippen molar-refractivity contribution in [2.24, 2.45) is 35.0 Å². The first-order chi connectivity index (χ1) is 13.9. The van der Waals surface area contributed by atoms with E-state index in [2.05, 4.69) is 24.9 Å². The number of aliphatic hydroxyl groups excluding tert-OH is 1. The van der Waals surface area contributed by atoms with Gasteiger partial charge in [0.2, 0.25) is 5.91 Å². The second-order valence-electron chi connectivity index (χ2n) is 10.8. The van der Waals surface area contributed by atoms with Crippen molar-refractivity contribution in [3.8, 4) is 0 Å². The molecule has 4 aliphatic carbocycles. The van der Waals surface area contributed by atoms with Gasteiger partial charge in [0.25, 0.3) is 0 Å². The average molecular weight is 440 g/mol. The van der Waals surface area contributed by atoms with Crippen molar-refractivity contribution < 1.29 is 9.90 Å². The molecule has 0 heterocycles. The largest absolute Gasteiger partial charge is 0.393 e. The van der Waals surface area contributed by atoms with Gasteiger partial charge >= 0.3 is 0 Å². The highest BCUT2D eigenvalue weighted by atomic mass is 32.1. The summed E-state index contributed by atoms with van der Waals surface area (Å²) in [6.07, 6.45) is 13.9. The van der Waals surface area contributed by atoms with Crippen molar-refractivity contribution in [2.45, 2.75) is 94.8 Å². The Morgan fingerprint density at radius 1 is 1.14 bits per heavy atom. The molecule has 166 valence electrons. The van der Waals surface area contributed by atoms with Crippen LogP contribution in [0.15, 0.2) is 0 Å². The maximum atomic E-state index is 11.9. The molecule has 0 aromatic heterocycles. The zero-order chi connectivity index (χ0) is 20.6. The van der Waals surface area contributed by atoms with Crippen molar-refractivity contribution in [1.82, 2.24) is 5.32 Å². The Kier molecular flexibility index (Phi) is 6.88. The molecule has 0 aliphatic heterocycles. The van der Waals surface area contributed by atoms with E-state index in [1.165, 1.54) is 51.4 Å². The van der Waals surface area contributed by atoms with Crippen molar-refractivity contribution in [1.29, 1.82) is 0 Å². The number of thiol groups is 2. The van der Waals surface area contributed by atoms with Gasteiger partial charge < -0.3 is 10.4 Å². The van der Waals surface area contributed by atoms with Crippen LogP contribution in [0.2, 0.25) is 0 Å². The molecule has 0 bridgehead atoms. The van der Waals surface area contributed by atoms with Crippen LogP contribution in [0, 0.1) is 35.0 Å². The number of aliphatic hydroxyl groups is 1. The summed E-state index contributed by atoms with van der Waals surface area (Å²) in [5, 5.41) is 14.2. The van der Waals surface area contributed by atoms with Gasteiger partial charge in [0.1, 0.15) is 0 Å². The van der Waals surface area contributed by atoms with Crippen LogP contribution in [0.25, 0.3) is 0 Å². The second kappa shape index (κ2) is 8.94. The summed E-state index contributed by atoms with van der Waals surface area (Å²) in [5.74, 6) is 3.87. The fourth-order valence-corrected chi connectivity index (χ4v) is 9.01. The number of amides is 1. The van der Waals surface area contributed by atoms with E-state index >= 15 is 0 Å². The molecule has 2 N–H and O–H groups in total. The van der Waals surface area contributed by atoms with Gasteiger partial charge in [0.05, 0.1) is 6.10 Å². The predicted molar refractivity (Wildman–Crippen MR) is 126 cm³/mol. The number of rotatable bonds is 6. The van der Waals surface area contributed by atoms with Crippen LogP contribution in [0.3, 0.4) is 0 Å². The molecule has 3 nitrogen and oxygen atoms in total. The highest BCUT2D eigenvalue weighted by Gasteiger charge is 2.62. The quantitative estimate of drug-likeness (QED) is 0.446. The van der Waals surface area contributed by atoms with Crippen molar-refractivity contribution in [3.05, 3.63) is 0 Å². The molecule has 5 heteroatoms. The maximum absolute atomic E-state index is 11.9. The summed E-state index contributed by atoms with van der Waals surface area (Å²) in [6.45, 7) is 3.21. The van der Waals surface area contributed by atoms with Crippen molar-refractivity contribution in [3.63, 3.8) is 0 Å². The molecule has 4 fully saturated rings. The molecule has 0 aromatic carbocycles. The monoisotopic (exact) mass is 439 g/mol. The van der Waals surface area contributed by atoms with E-state index < -0.39 is 0 Å². The minimum Gasteiger partial charge on any atom is -0.393 e. The second-order valence-corrected chi connectivity index (χ2v) is 12.1. The number of carbonyl (C=O) groups excluding carboxylic acids is 1. The average Bonchev–Trinajstić information content (AvgIpc) is 3.03. The zero-order valence-electron chi connectivity index (χ0n) is 18.1. The number of hydrogen-bond acceptors (Lipinski definition) is 4. The molecular formula is C24H41NO2S2. The summed E-state index contributed by atoms with van der Waals surface area (Å²) in [5.41, 5.74) is 0.445. The fraction of sp³-hybridized carbons (Fsp3) is 0.958. The van der Waals surface area contributed by atoms with Gasteiger partial charge in [-0.1, -0.05) is 19.8 Å². The van der Waals surface area contributed by atoms with Gasteiger partial charge in [0, 0.05) is 23.5 Å². The lowest BCUT2D eigenvalue weighted by Crippen LogP contribution is -2.58. The molecular weight excluding hydrogens is 398 g/mol. The zero-order valence-corrected chi connectivity index (χ0v) is 19.9. The van der Waals surface area contributed by atoms with Crippen LogP contribution in [-0.2, 0) is 4.79 Å². The first-order valence-electron chi connectivity index (χ1n) is 12.2. The van der Waals surface area contributed by atoms with Gasteiger partial charge in [-0.3, -0.25) is 4.79 Å². The highest BCUT2D eigenvalue weighted by Crippen LogP contribution is 2.66. The lowest BCUT2D eigenvalue weighted by Gasteiger charge is -2.61. The Morgan fingerprint density at radius 2 is 1.97 bits per heavy atom. The van der Waals surface area contributed by atoms with Gasteiger partial charge in [0.15, 0.2) is 0 Å². The minimum atomic E-state index is -0.126. The molecule has 0 radical (unpaired) electrons. The van der Waals surface area contributed by atoms with Crippen LogP contribution < -0.4 is 5.32 Å². The van der Waals surface area contributed by atoms with Crippen LogP contribution in [0.1, 0.15) is 84.0 Å². The van der Waals surface area contributed by atoms with E-state index in [4.69, 9.17) is 12.6 Å². The van der Waals surface area contributed by atoms with Crippen LogP contribution in [0.5, 0.6) is 0 Å². The first kappa shape index (κ1) is 22.3. The SMILES string of the molecule is C[C@]12CCCC[C@H]1C[C@H](O)[C@H]1C3CCC(CCCC(=O)NCCS)[C@@]3(S)CCC12. The van der Waals surface area contributed by atoms with Crippen molar-refractivity contribution >= 4 is 31.2 Å². The van der Waals surface area contributed by atoms with E-state index in [1.807, 2.05) is 0 Å². The van der Waals surface area contributed by atoms with Gasteiger partial charge in [-0.25, -0.2) is 0 Å². The number of hydrogen-bond donors (Lipinski definition) is 4. The lowest BCUT2D eigenvalue weighted by molar-refractivity contribution is -0.140. The molecule has 0 spiro atoms. The third-order valence-corrected chi connectivity index (χ3v) is 10.8. The third-order valence-electron chi connectivity index (χ3n) is 9.62. The molecule has 29 heavy (non-hydrogen) atoms. The van der Waals surface area contributed by atoms with E-state index in [1.54, 1.807) is 0 Å². The number of fused-ring (bicyclic) bond motifs is 5. The summed E-state index contributed by atoms with van der Waals surface area (Å²) in [7, 11) is 0. The van der Waals surface area contributed by atoms with Gasteiger partial charge in [-0.2, -0.15) is 25.3 Å². The van der Waals surface area contributed by atoms with Crippen LogP contribution in [0.4, 0.5) is 0 Å². The van der Waals surface area contributed by atoms with Gasteiger partial charge in [-0.15, -0.1) is 0 Å². The van der Waals surface area contributed by atoms with Crippen molar-refractivity contribution in [2.75, 3.05) is 12.3 Å². The van der Waals surface area contributed by atoms with Crippen LogP contribution >= 0.6 is 25.3 Å². The third kappa shape index (κ3) is 4.02. The Balaban J connectivity index is 1.42. The predicted octanol–water partition coefficient (Wildman–Crippen LogP) is 4.88. The lowest BCUT2D eigenvalue weighted by atomic mass is 9.46. The smallest absolute Gasteiger partial charge is 0.220 e.